The maximum atomic E-state index is 5.40. The molecule has 26 heavy (non-hydrogen) atoms. The Kier molecular flexibility index (Phi) is 20.0. The molecule has 0 aromatic heterocycles. The van der Waals surface area contributed by atoms with Crippen LogP contribution in [0.15, 0.2) is 0 Å². The van der Waals surface area contributed by atoms with Crippen LogP contribution in [-0.2, 0) is 9.47 Å². The Morgan fingerprint density at radius 1 is 0.692 bits per heavy atom. The van der Waals surface area contributed by atoms with Crippen molar-refractivity contribution in [2.75, 3.05) is 26.3 Å². The molecule has 0 amide bonds. The highest BCUT2D eigenvalue weighted by Crippen LogP contribution is 2.25. The zero-order valence-electron chi connectivity index (χ0n) is 14.7. The molecular formula is C14H24N2O2S8. The minimum Gasteiger partial charge on any atom is -0.478 e. The van der Waals surface area contributed by atoms with Crippen molar-refractivity contribution in [3.05, 3.63) is 0 Å². The van der Waals surface area contributed by atoms with Crippen LogP contribution in [0.3, 0.4) is 0 Å². The fourth-order valence-corrected chi connectivity index (χ4v) is 5.15. The van der Waals surface area contributed by atoms with Gasteiger partial charge in [-0.25, -0.2) is 0 Å². The van der Waals surface area contributed by atoms with Gasteiger partial charge in [0.15, 0.2) is 0 Å². The molecule has 0 aliphatic carbocycles. The molecule has 4 nitrogen and oxygen atoms in total. The van der Waals surface area contributed by atoms with Crippen molar-refractivity contribution in [3.63, 3.8) is 0 Å². The first kappa shape index (κ1) is 27.0. The van der Waals surface area contributed by atoms with Crippen LogP contribution < -0.4 is 10.6 Å². The number of nitrogens with one attached hydrogen (secondary N) is 2. The van der Waals surface area contributed by atoms with E-state index in [1.807, 2.05) is 0 Å². The van der Waals surface area contributed by atoms with Gasteiger partial charge in [-0.1, -0.05) is 51.1 Å². The molecule has 0 saturated carbocycles. The Hall–Kier alpha value is 0.960. The summed E-state index contributed by atoms with van der Waals surface area (Å²) >= 11 is 20.7. The molecule has 0 heterocycles. The summed E-state index contributed by atoms with van der Waals surface area (Å²) in [7, 11) is 5.50. The lowest BCUT2D eigenvalue weighted by Gasteiger charge is -2.10. The van der Waals surface area contributed by atoms with E-state index in [0.29, 0.717) is 43.7 Å². The quantitative estimate of drug-likeness (QED) is 0.228. The molecule has 12 heteroatoms. The largest absolute Gasteiger partial charge is 0.478 e. The predicted molar refractivity (Wildman–Crippen MR) is 138 cm³/mol. The second-order valence-corrected chi connectivity index (χ2v) is 11.5. The molecule has 0 atom stereocenters. The van der Waals surface area contributed by atoms with E-state index >= 15 is 0 Å². The van der Waals surface area contributed by atoms with Crippen molar-refractivity contribution in [1.82, 2.24) is 10.6 Å². The van der Waals surface area contributed by atoms with Crippen molar-refractivity contribution >= 4 is 109 Å². The van der Waals surface area contributed by atoms with E-state index in [-0.39, 0.29) is 0 Å². The van der Waals surface area contributed by atoms with Gasteiger partial charge in [0.2, 0.25) is 8.77 Å². The normalized spacial score (nSPS) is 10.1. The third kappa shape index (κ3) is 18.3. The Labute approximate surface area is 194 Å². The van der Waals surface area contributed by atoms with Crippen molar-refractivity contribution < 1.29 is 9.47 Å². The van der Waals surface area contributed by atoms with Crippen LogP contribution in [0.1, 0.15) is 39.5 Å². The predicted octanol–water partition coefficient (Wildman–Crippen LogP) is 5.70. The monoisotopic (exact) mass is 508 g/mol. The van der Waals surface area contributed by atoms with Crippen molar-refractivity contribution in [2.45, 2.75) is 39.5 Å². The average molecular weight is 509 g/mol. The van der Waals surface area contributed by atoms with Crippen LogP contribution in [-0.4, -0.2) is 43.7 Å². The van der Waals surface area contributed by atoms with Gasteiger partial charge in [-0.2, -0.15) is 0 Å². The lowest BCUT2D eigenvalue weighted by atomic mass is 10.4. The maximum Gasteiger partial charge on any atom is 0.231 e. The SMILES string of the molecule is CCCCOC(=S)SSC(=S)NCCNC(=S)SSC(=S)OCCCC. The van der Waals surface area contributed by atoms with E-state index in [9.17, 15) is 0 Å². The standard InChI is InChI=1S/C14H24N2O2S8/c1-3-5-9-17-13(21)25-23-11(19)15-7-8-16-12(20)24-26-14(22)18-10-6-4-2/h3-10H2,1-2H3,(H,15,19)(H,16,20). The molecule has 0 spiro atoms. The highest BCUT2D eigenvalue weighted by molar-refractivity contribution is 8.89. The van der Waals surface area contributed by atoms with Gasteiger partial charge in [-0.3, -0.25) is 0 Å². The molecule has 0 aromatic carbocycles. The minimum absolute atomic E-state index is 0.512. The van der Waals surface area contributed by atoms with E-state index in [1.54, 1.807) is 0 Å². The molecule has 0 aliphatic rings. The molecule has 0 radical (unpaired) electrons. The van der Waals surface area contributed by atoms with Crippen molar-refractivity contribution in [3.8, 4) is 0 Å². The molecule has 0 saturated heterocycles. The number of hydrogen-bond acceptors (Lipinski definition) is 10. The second kappa shape index (κ2) is 19.3. The summed E-state index contributed by atoms with van der Waals surface area (Å²) in [6.07, 6.45) is 4.19. The van der Waals surface area contributed by atoms with Crippen LogP contribution in [0.25, 0.3) is 0 Å². The summed E-state index contributed by atoms with van der Waals surface area (Å²) in [5.41, 5.74) is 0. The first-order chi connectivity index (χ1) is 12.5. The summed E-state index contributed by atoms with van der Waals surface area (Å²) in [6.45, 7) is 6.87. The maximum absolute atomic E-state index is 5.40. The molecular weight excluding hydrogens is 485 g/mol. The van der Waals surface area contributed by atoms with Gasteiger partial charge in [-0.15, -0.1) is 0 Å². The molecule has 2 N–H and O–H groups in total. The molecule has 150 valence electrons. The topological polar surface area (TPSA) is 42.5 Å². The molecule has 0 bridgehead atoms. The van der Waals surface area contributed by atoms with Crippen molar-refractivity contribution in [1.29, 1.82) is 0 Å². The number of hydrogen-bond donors (Lipinski definition) is 2. The van der Waals surface area contributed by atoms with Crippen LogP contribution in [0, 0.1) is 0 Å². The van der Waals surface area contributed by atoms with E-state index in [4.69, 9.17) is 58.3 Å². The molecule has 0 aliphatic heterocycles. The first-order valence-corrected chi connectivity index (χ1v) is 14.0. The van der Waals surface area contributed by atoms with Crippen LogP contribution in [0.2, 0.25) is 0 Å². The van der Waals surface area contributed by atoms with Gasteiger partial charge >= 0.3 is 0 Å². The van der Waals surface area contributed by atoms with E-state index < -0.39 is 0 Å². The van der Waals surface area contributed by atoms with Gasteiger partial charge in [-0.05, 0) is 58.9 Å². The van der Waals surface area contributed by atoms with Crippen LogP contribution in [0.4, 0.5) is 0 Å². The molecule has 0 unspecified atom stereocenters. The lowest BCUT2D eigenvalue weighted by molar-refractivity contribution is 0.313. The minimum atomic E-state index is 0.512. The van der Waals surface area contributed by atoms with Gasteiger partial charge in [0, 0.05) is 34.7 Å². The fourth-order valence-electron chi connectivity index (χ4n) is 1.18. The van der Waals surface area contributed by atoms with Crippen LogP contribution >= 0.6 is 92.0 Å². The summed E-state index contributed by atoms with van der Waals surface area (Å²) < 4.78 is 13.1. The third-order valence-electron chi connectivity index (χ3n) is 2.47. The number of unbranched alkanes of at least 4 members (excludes halogenated alkanes) is 2. The first-order valence-electron chi connectivity index (χ1n) is 8.07. The average Bonchev–Trinajstić information content (AvgIpc) is 2.62. The lowest BCUT2D eigenvalue weighted by Crippen LogP contribution is -2.30. The number of ether oxygens (including phenoxy) is 2. The van der Waals surface area contributed by atoms with Crippen LogP contribution in [0.5, 0.6) is 0 Å². The Morgan fingerprint density at radius 3 is 1.42 bits per heavy atom. The second-order valence-electron chi connectivity index (χ2n) is 4.67. The van der Waals surface area contributed by atoms with Crippen molar-refractivity contribution in [2.24, 2.45) is 0 Å². The van der Waals surface area contributed by atoms with Gasteiger partial charge in [0.25, 0.3) is 0 Å². The molecule has 0 rings (SSSR count). The summed E-state index contributed by atoms with van der Waals surface area (Å²) in [5, 5.41) is 6.26. The van der Waals surface area contributed by atoms with Gasteiger partial charge in [0.05, 0.1) is 13.2 Å². The Bertz CT molecular complexity index is 411. The summed E-state index contributed by atoms with van der Waals surface area (Å²) in [4.78, 5) is 0. The molecule has 0 fully saturated rings. The highest BCUT2D eigenvalue weighted by Gasteiger charge is 2.05. The van der Waals surface area contributed by atoms with E-state index in [2.05, 4.69) is 24.5 Å². The molecule has 0 aromatic rings. The number of thiocarbonyl (C=S) groups is 4. The van der Waals surface area contributed by atoms with E-state index in [0.717, 1.165) is 25.7 Å². The van der Waals surface area contributed by atoms with Gasteiger partial charge < -0.3 is 20.1 Å². The van der Waals surface area contributed by atoms with Gasteiger partial charge in [0.1, 0.15) is 8.64 Å². The summed E-state index contributed by atoms with van der Waals surface area (Å²) in [5.74, 6) is 0. The Morgan fingerprint density at radius 2 is 1.08 bits per heavy atom. The van der Waals surface area contributed by atoms with E-state index in [1.165, 1.54) is 43.2 Å². The fraction of sp³-hybridized carbons (Fsp3) is 0.714. The number of rotatable bonds is 9. The highest BCUT2D eigenvalue weighted by atomic mass is 33.1. The summed E-state index contributed by atoms with van der Waals surface area (Å²) in [6, 6.07) is 0. The zero-order chi connectivity index (χ0) is 19.6. The third-order valence-corrected chi connectivity index (χ3v) is 8.93. The Balaban J connectivity index is 3.59. The zero-order valence-corrected chi connectivity index (χ0v) is 21.3. The smallest absolute Gasteiger partial charge is 0.231 e.